The van der Waals surface area contributed by atoms with E-state index < -0.39 is 35.2 Å². The summed E-state index contributed by atoms with van der Waals surface area (Å²) in [4.78, 5) is 13.8. The summed E-state index contributed by atoms with van der Waals surface area (Å²) in [5, 5.41) is 0. The molecular weight excluding hydrogens is 314 g/mol. The van der Waals surface area contributed by atoms with Crippen molar-refractivity contribution >= 4 is 11.7 Å². The van der Waals surface area contributed by atoms with Gasteiger partial charge in [0.25, 0.3) is 0 Å². The summed E-state index contributed by atoms with van der Waals surface area (Å²) >= 11 is 0. The summed E-state index contributed by atoms with van der Waals surface area (Å²) < 4.78 is 76.7. The smallest absolute Gasteiger partial charge is 0.330 e. The molecule has 0 aliphatic carbocycles. The normalized spacial score (nSPS) is 12.2. The molecule has 2 amide bonds. The fraction of sp³-hybridized carbons (Fsp3) is 0.462. The highest BCUT2D eigenvalue weighted by Crippen LogP contribution is 2.38. The minimum atomic E-state index is -4.95. The molecule has 0 saturated heterocycles. The lowest BCUT2D eigenvalue weighted by molar-refractivity contribution is -0.143. The number of hydrogen-bond donors (Lipinski definition) is 0. The van der Waals surface area contributed by atoms with Crippen LogP contribution in [0.5, 0.6) is 0 Å². The third-order valence-corrected chi connectivity index (χ3v) is 2.81. The fourth-order valence-electron chi connectivity index (χ4n) is 1.76. The average molecular weight is 328 g/mol. The third-order valence-electron chi connectivity index (χ3n) is 2.81. The van der Waals surface area contributed by atoms with Crippen LogP contribution >= 0.6 is 0 Å². The van der Waals surface area contributed by atoms with Gasteiger partial charge in [0.05, 0.1) is 11.1 Å². The monoisotopic (exact) mass is 328 g/mol. The van der Waals surface area contributed by atoms with E-state index in [1.807, 2.05) is 0 Å². The van der Waals surface area contributed by atoms with Gasteiger partial charge in [-0.25, -0.2) is 4.79 Å². The van der Waals surface area contributed by atoms with Crippen molar-refractivity contribution in [2.45, 2.75) is 19.3 Å². The van der Waals surface area contributed by atoms with E-state index in [0.29, 0.717) is 12.1 Å². The van der Waals surface area contributed by atoms with E-state index in [1.165, 1.54) is 21.0 Å². The Morgan fingerprint density at radius 1 is 0.955 bits per heavy atom. The number of anilines is 1. The molecule has 0 aliphatic rings. The maximum atomic E-state index is 12.8. The van der Waals surface area contributed by atoms with Gasteiger partial charge in [0.15, 0.2) is 0 Å². The first kappa shape index (κ1) is 18.1. The topological polar surface area (TPSA) is 23.6 Å². The molecule has 3 nitrogen and oxygen atoms in total. The van der Waals surface area contributed by atoms with Crippen LogP contribution < -0.4 is 4.90 Å². The van der Waals surface area contributed by atoms with Crippen molar-refractivity contribution in [1.82, 2.24) is 4.90 Å². The van der Waals surface area contributed by atoms with Crippen molar-refractivity contribution in [3.63, 3.8) is 0 Å². The van der Waals surface area contributed by atoms with E-state index in [4.69, 9.17) is 0 Å². The van der Waals surface area contributed by atoms with Gasteiger partial charge in [-0.1, -0.05) is 0 Å². The third kappa shape index (κ3) is 4.05. The van der Waals surface area contributed by atoms with Gasteiger partial charge in [-0.2, -0.15) is 26.3 Å². The quantitative estimate of drug-likeness (QED) is 0.745. The van der Waals surface area contributed by atoms with Gasteiger partial charge in [-0.05, 0) is 25.1 Å². The number of nitrogens with zero attached hydrogens (tertiary/aromatic N) is 2. The molecule has 0 radical (unpaired) electrons. The molecule has 1 rings (SSSR count). The molecule has 1 aromatic rings. The van der Waals surface area contributed by atoms with Gasteiger partial charge >= 0.3 is 18.4 Å². The molecule has 1 aromatic carbocycles. The number of benzene rings is 1. The highest BCUT2D eigenvalue weighted by molar-refractivity contribution is 5.91. The van der Waals surface area contributed by atoms with Gasteiger partial charge < -0.3 is 4.90 Å². The number of urea groups is 1. The SMILES string of the molecule is CCN(C(=O)N(C)C)c1cc(C(F)(F)F)cc(C(F)(F)F)c1. The first-order chi connectivity index (χ1) is 9.87. The Morgan fingerprint density at radius 3 is 1.64 bits per heavy atom. The van der Waals surface area contributed by atoms with Gasteiger partial charge in [0, 0.05) is 26.3 Å². The Balaban J connectivity index is 3.49. The number of rotatable bonds is 2. The molecule has 0 atom stereocenters. The van der Waals surface area contributed by atoms with Gasteiger partial charge in [-0.15, -0.1) is 0 Å². The lowest BCUT2D eigenvalue weighted by Gasteiger charge is -2.26. The lowest BCUT2D eigenvalue weighted by atomic mass is 10.1. The number of carbonyl (C=O) groups is 1. The van der Waals surface area contributed by atoms with E-state index in [0.717, 1.165) is 9.80 Å². The number of alkyl halides is 6. The number of amides is 2. The molecule has 0 spiro atoms. The molecule has 0 aromatic heterocycles. The highest BCUT2D eigenvalue weighted by atomic mass is 19.4. The summed E-state index contributed by atoms with van der Waals surface area (Å²) in [6.45, 7) is 1.38. The second-order valence-electron chi connectivity index (χ2n) is 4.69. The Labute approximate surface area is 123 Å². The van der Waals surface area contributed by atoms with Crippen LogP contribution in [0.1, 0.15) is 18.1 Å². The molecule has 22 heavy (non-hydrogen) atoms. The molecule has 124 valence electrons. The first-order valence-corrected chi connectivity index (χ1v) is 6.16. The van der Waals surface area contributed by atoms with Crippen molar-refractivity contribution < 1.29 is 31.1 Å². The zero-order valence-electron chi connectivity index (χ0n) is 12.0. The van der Waals surface area contributed by atoms with Gasteiger partial charge in [-0.3, -0.25) is 4.90 Å². The first-order valence-electron chi connectivity index (χ1n) is 6.16. The van der Waals surface area contributed by atoms with Crippen molar-refractivity contribution in [1.29, 1.82) is 0 Å². The standard InChI is InChI=1S/C13H14F6N2O/c1-4-21(11(22)20(2)3)10-6-8(12(14,15)16)5-9(7-10)13(17,18)19/h5-7H,4H2,1-3H3. The summed E-state index contributed by atoms with van der Waals surface area (Å²) in [5.41, 5.74) is -3.37. The van der Waals surface area contributed by atoms with Crippen LogP contribution in [0.25, 0.3) is 0 Å². The van der Waals surface area contributed by atoms with E-state index in [1.54, 1.807) is 0 Å². The van der Waals surface area contributed by atoms with Crippen molar-refractivity contribution in [2.24, 2.45) is 0 Å². The minimum Gasteiger partial charge on any atom is -0.330 e. The summed E-state index contributed by atoms with van der Waals surface area (Å²) in [6, 6.07) is 0.368. The zero-order valence-corrected chi connectivity index (χ0v) is 12.0. The Morgan fingerprint density at radius 2 is 1.36 bits per heavy atom. The molecule has 0 heterocycles. The van der Waals surface area contributed by atoms with E-state index >= 15 is 0 Å². The average Bonchev–Trinajstić information content (AvgIpc) is 2.37. The molecule has 0 bridgehead atoms. The Hall–Kier alpha value is -1.93. The van der Waals surface area contributed by atoms with Crippen molar-refractivity contribution in [3.8, 4) is 0 Å². The van der Waals surface area contributed by atoms with Crippen molar-refractivity contribution in [2.75, 3.05) is 25.5 Å². The second kappa shape index (κ2) is 6.05. The van der Waals surface area contributed by atoms with Crippen LogP contribution in [-0.2, 0) is 12.4 Å². The maximum absolute atomic E-state index is 12.8. The zero-order chi connectivity index (χ0) is 17.3. The Bertz CT molecular complexity index is 518. The van der Waals surface area contributed by atoms with E-state index in [-0.39, 0.29) is 12.6 Å². The van der Waals surface area contributed by atoms with Crippen LogP contribution in [0.2, 0.25) is 0 Å². The van der Waals surface area contributed by atoms with Crippen molar-refractivity contribution in [3.05, 3.63) is 29.3 Å². The van der Waals surface area contributed by atoms with Crippen LogP contribution in [0.4, 0.5) is 36.8 Å². The minimum absolute atomic E-state index is 0.0253. The molecule has 0 saturated carbocycles. The maximum Gasteiger partial charge on any atom is 0.416 e. The molecule has 0 N–H and O–H groups in total. The summed E-state index contributed by atoms with van der Waals surface area (Å²) in [7, 11) is 2.70. The second-order valence-corrected chi connectivity index (χ2v) is 4.69. The predicted octanol–water partition coefficient (Wildman–Crippen LogP) is 4.23. The Kier molecular flexibility index (Phi) is 4.99. The number of halogens is 6. The predicted molar refractivity (Wildman–Crippen MR) is 68.5 cm³/mol. The largest absolute Gasteiger partial charge is 0.416 e. The highest BCUT2D eigenvalue weighted by Gasteiger charge is 2.37. The van der Waals surface area contributed by atoms with E-state index in [9.17, 15) is 31.1 Å². The van der Waals surface area contributed by atoms with Gasteiger partial charge in [0.2, 0.25) is 0 Å². The lowest BCUT2D eigenvalue weighted by Crippen LogP contribution is -2.39. The summed E-state index contributed by atoms with van der Waals surface area (Å²) in [6.07, 6.45) is -9.90. The fourth-order valence-corrected chi connectivity index (χ4v) is 1.76. The summed E-state index contributed by atoms with van der Waals surface area (Å²) in [5.74, 6) is 0. The number of carbonyl (C=O) groups excluding carboxylic acids is 1. The molecule has 0 fully saturated rings. The molecule has 0 unspecified atom stereocenters. The van der Waals surface area contributed by atoms with Crippen LogP contribution in [0.3, 0.4) is 0 Å². The van der Waals surface area contributed by atoms with Gasteiger partial charge in [0.1, 0.15) is 0 Å². The number of hydrogen-bond acceptors (Lipinski definition) is 1. The molecule has 9 heteroatoms. The van der Waals surface area contributed by atoms with Crippen LogP contribution in [0, 0.1) is 0 Å². The van der Waals surface area contributed by atoms with Crippen LogP contribution in [-0.4, -0.2) is 31.6 Å². The van der Waals surface area contributed by atoms with E-state index in [2.05, 4.69) is 0 Å². The molecule has 0 aliphatic heterocycles. The molecular formula is C13H14F6N2O. The van der Waals surface area contributed by atoms with Crippen LogP contribution in [0.15, 0.2) is 18.2 Å².